The Morgan fingerprint density at radius 3 is 2.74 bits per heavy atom. The van der Waals surface area contributed by atoms with E-state index in [1.165, 1.54) is 16.7 Å². The zero-order valence-electron chi connectivity index (χ0n) is 22.7. The van der Waals surface area contributed by atoms with E-state index in [0.29, 0.717) is 0 Å². The summed E-state index contributed by atoms with van der Waals surface area (Å²) >= 11 is 0. The van der Waals surface area contributed by atoms with Crippen molar-refractivity contribution in [2.24, 2.45) is 0 Å². The van der Waals surface area contributed by atoms with E-state index in [2.05, 4.69) is 108 Å². The van der Waals surface area contributed by atoms with Gasteiger partial charge in [-0.1, -0.05) is 60.2 Å². The number of rotatable bonds is 5. The molecule has 0 radical (unpaired) electrons. The summed E-state index contributed by atoms with van der Waals surface area (Å²) in [4.78, 5) is 15.5. The van der Waals surface area contributed by atoms with Crippen LogP contribution in [0, 0.1) is 6.92 Å². The van der Waals surface area contributed by atoms with Gasteiger partial charge in [0.05, 0.1) is 28.8 Å². The summed E-state index contributed by atoms with van der Waals surface area (Å²) in [6, 6.07) is 21.5. The first kappa shape index (κ1) is 24.3. The molecule has 2 aliphatic heterocycles. The normalized spacial score (nSPS) is 26.4. The molecule has 0 bridgehead atoms. The number of nitrogens with zero attached hydrogens (tertiary/aromatic N) is 2. The van der Waals surface area contributed by atoms with E-state index in [9.17, 15) is 4.79 Å². The van der Waals surface area contributed by atoms with Crippen LogP contribution < -0.4 is 5.32 Å². The molecule has 1 aromatic heterocycles. The number of anilines is 1. The van der Waals surface area contributed by atoms with Crippen molar-refractivity contribution in [1.29, 1.82) is 0 Å². The summed E-state index contributed by atoms with van der Waals surface area (Å²) < 4.78 is 5.88. The molecule has 2 N–H and O–H groups in total. The Kier molecular flexibility index (Phi) is 5.72. The number of amides is 1. The molecule has 4 atom stereocenters. The lowest BCUT2D eigenvalue weighted by Gasteiger charge is -2.35. The third-order valence-corrected chi connectivity index (χ3v) is 8.57. The first-order valence-electron chi connectivity index (χ1n) is 13.9. The van der Waals surface area contributed by atoms with Gasteiger partial charge < -0.3 is 10.1 Å². The highest BCUT2D eigenvalue weighted by Crippen LogP contribution is 2.65. The van der Waals surface area contributed by atoms with Crippen molar-refractivity contribution in [2.45, 2.75) is 57.3 Å². The maximum atomic E-state index is 13.0. The van der Waals surface area contributed by atoms with Gasteiger partial charge in [-0.15, -0.1) is 0 Å². The van der Waals surface area contributed by atoms with E-state index < -0.39 is 5.41 Å². The average molecular weight is 519 g/mol. The Labute approximate surface area is 229 Å². The highest BCUT2D eigenvalue weighted by Gasteiger charge is 2.65. The van der Waals surface area contributed by atoms with Gasteiger partial charge in [-0.3, -0.25) is 14.8 Å². The van der Waals surface area contributed by atoms with Crippen molar-refractivity contribution >= 4 is 34.6 Å². The van der Waals surface area contributed by atoms with Gasteiger partial charge in [0.2, 0.25) is 5.91 Å². The lowest BCUT2D eigenvalue weighted by atomic mass is 9.91. The molecule has 2 fully saturated rings. The molecule has 4 unspecified atom stereocenters. The van der Waals surface area contributed by atoms with Gasteiger partial charge in [0.25, 0.3) is 0 Å². The Morgan fingerprint density at radius 1 is 1.05 bits per heavy atom. The summed E-state index contributed by atoms with van der Waals surface area (Å²) in [6.07, 6.45) is 5.60. The number of hydrogen-bond donors (Lipinski definition) is 2. The molecule has 1 saturated carbocycles. The van der Waals surface area contributed by atoms with Gasteiger partial charge >= 0.3 is 0 Å². The molecule has 6 heteroatoms. The molecular formula is C33H34N4O2. The van der Waals surface area contributed by atoms with Crippen LogP contribution in [0.3, 0.4) is 0 Å². The van der Waals surface area contributed by atoms with Crippen LogP contribution in [0.5, 0.6) is 0 Å². The van der Waals surface area contributed by atoms with Gasteiger partial charge in [-0.25, -0.2) is 0 Å². The first-order chi connectivity index (χ1) is 18.9. The molecule has 3 aliphatic rings. The molecule has 3 aromatic carbocycles. The maximum Gasteiger partial charge on any atom is 0.235 e. The van der Waals surface area contributed by atoms with E-state index in [1.54, 1.807) is 0 Å². The molecule has 7 rings (SSSR count). The van der Waals surface area contributed by atoms with Gasteiger partial charge in [0, 0.05) is 36.6 Å². The number of hydrogen-bond acceptors (Lipinski definition) is 4. The van der Waals surface area contributed by atoms with Crippen molar-refractivity contribution in [2.75, 3.05) is 18.4 Å². The molecule has 39 heavy (non-hydrogen) atoms. The highest BCUT2D eigenvalue weighted by atomic mass is 16.5. The van der Waals surface area contributed by atoms with E-state index in [0.717, 1.165) is 59.5 Å². The van der Waals surface area contributed by atoms with E-state index in [-0.39, 0.29) is 24.0 Å². The quantitative estimate of drug-likeness (QED) is 0.339. The fourth-order valence-electron chi connectivity index (χ4n) is 6.75. The fourth-order valence-corrected chi connectivity index (χ4v) is 6.75. The lowest BCUT2D eigenvalue weighted by molar-refractivity contribution is -0.118. The lowest BCUT2D eigenvalue weighted by Crippen LogP contribution is -2.44. The summed E-state index contributed by atoms with van der Waals surface area (Å²) in [5.41, 5.74) is 8.44. The van der Waals surface area contributed by atoms with E-state index >= 15 is 0 Å². The van der Waals surface area contributed by atoms with Gasteiger partial charge in [0.1, 0.15) is 0 Å². The van der Waals surface area contributed by atoms with Crippen molar-refractivity contribution < 1.29 is 9.53 Å². The van der Waals surface area contributed by atoms with Crippen LogP contribution in [-0.2, 0) is 21.5 Å². The number of aromatic amines is 1. The van der Waals surface area contributed by atoms with Crippen LogP contribution >= 0.6 is 0 Å². The zero-order chi connectivity index (χ0) is 26.7. The van der Waals surface area contributed by atoms with Crippen LogP contribution in [0.2, 0.25) is 0 Å². The number of ether oxygens (including phenoxy) is 1. The van der Waals surface area contributed by atoms with Crippen LogP contribution in [0.4, 0.5) is 5.69 Å². The van der Waals surface area contributed by atoms with Crippen LogP contribution in [-0.4, -0.2) is 46.3 Å². The molecule has 1 aliphatic carbocycles. The Morgan fingerprint density at radius 2 is 1.90 bits per heavy atom. The first-order valence-corrected chi connectivity index (χ1v) is 13.9. The second-order valence-corrected chi connectivity index (χ2v) is 11.7. The molecule has 1 saturated heterocycles. The second-order valence-electron chi connectivity index (χ2n) is 11.7. The number of fused-ring (bicyclic) bond motifs is 3. The van der Waals surface area contributed by atoms with Crippen LogP contribution in [0.25, 0.3) is 23.1 Å². The Bertz CT molecular complexity index is 1610. The minimum absolute atomic E-state index is 0.126. The third-order valence-electron chi connectivity index (χ3n) is 8.57. The summed E-state index contributed by atoms with van der Waals surface area (Å²) in [7, 11) is 0. The topological polar surface area (TPSA) is 70.2 Å². The zero-order valence-corrected chi connectivity index (χ0v) is 22.7. The van der Waals surface area contributed by atoms with Crippen molar-refractivity contribution in [1.82, 2.24) is 15.1 Å². The van der Waals surface area contributed by atoms with Crippen molar-refractivity contribution in [3.8, 4) is 0 Å². The van der Waals surface area contributed by atoms with Crippen molar-refractivity contribution in [3.63, 3.8) is 0 Å². The number of nitrogens with one attached hydrogen (secondary N) is 2. The molecular weight excluding hydrogens is 484 g/mol. The third kappa shape index (κ3) is 4.28. The Balaban J connectivity index is 1.09. The van der Waals surface area contributed by atoms with E-state index in [4.69, 9.17) is 4.74 Å². The van der Waals surface area contributed by atoms with Crippen LogP contribution in [0.1, 0.15) is 59.7 Å². The summed E-state index contributed by atoms with van der Waals surface area (Å²) in [5.74, 6) is 0.314. The molecule has 3 heterocycles. The second kappa shape index (κ2) is 9.18. The van der Waals surface area contributed by atoms with Crippen molar-refractivity contribution in [3.05, 3.63) is 94.2 Å². The summed E-state index contributed by atoms with van der Waals surface area (Å²) in [6.45, 7) is 9.23. The molecule has 198 valence electrons. The fraction of sp³-hybridized carbons (Fsp3) is 0.333. The number of benzene rings is 3. The number of aromatic nitrogens is 2. The predicted molar refractivity (Wildman–Crippen MR) is 156 cm³/mol. The standard InChI is InChI=1S/C33H34N4O2/c1-20-7-11-30-27(13-20)33(32(38)34-30)16-28(33)25-9-10-26-29(35-36-31(26)15-25)12-8-23-5-4-6-24(14-23)19-37-17-21(2)39-22(3)18-37/h4-15,21-22,28H,16-19H2,1-3H3,(H,34,38)(H,35,36)/b12-8+. The minimum atomic E-state index is -0.430. The molecule has 1 amide bonds. The molecule has 4 aromatic rings. The number of aryl methyl sites for hydroxylation is 1. The molecule has 6 nitrogen and oxygen atoms in total. The number of H-pyrrole nitrogens is 1. The Hall–Kier alpha value is -3.74. The number of carbonyl (C=O) groups is 1. The molecule has 1 spiro atoms. The highest BCUT2D eigenvalue weighted by molar-refractivity contribution is 6.10. The van der Waals surface area contributed by atoms with Crippen LogP contribution in [0.15, 0.2) is 60.7 Å². The van der Waals surface area contributed by atoms with E-state index in [1.807, 2.05) is 6.07 Å². The largest absolute Gasteiger partial charge is 0.373 e. The SMILES string of the molecule is Cc1ccc2c(c1)C1(CC1c1ccc3c(/C=C/c4cccc(CN5CC(C)OC(C)C5)c4)n[nH]c3c1)C(=O)N2. The van der Waals surface area contributed by atoms with Gasteiger partial charge in [0.15, 0.2) is 0 Å². The maximum absolute atomic E-state index is 13.0. The monoisotopic (exact) mass is 518 g/mol. The summed E-state index contributed by atoms with van der Waals surface area (Å²) in [5, 5.41) is 12.0. The van der Waals surface area contributed by atoms with Gasteiger partial charge in [-0.05, 0) is 67.7 Å². The number of morpholine rings is 1. The minimum Gasteiger partial charge on any atom is -0.373 e. The number of carbonyl (C=O) groups excluding carboxylic acids is 1. The predicted octanol–water partition coefficient (Wildman–Crippen LogP) is 6.03. The van der Waals surface area contributed by atoms with Gasteiger partial charge in [-0.2, -0.15) is 5.10 Å². The average Bonchev–Trinajstić information content (AvgIpc) is 3.45. The smallest absolute Gasteiger partial charge is 0.235 e.